The molecular formula is C10H6BrFN4S. The number of hydrogen-bond donors (Lipinski definition) is 2. The van der Waals surface area contributed by atoms with Gasteiger partial charge in [0, 0.05) is 11.4 Å². The van der Waals surface area contributed by atoms with Crippen molar-refractivity contribution in [3.8, 4) is 11.5 Å². The molecule has 86 valence electrons. The zero-order valence-electron chi connectivity index (χ0n) is 8.37. The molecule has 7 heteroatoms. The van der Waals surface area contributed by atoms with Crippen molar-refractivity contribution < 1.29 is 4.39 Å². The summed E-state index contributed by atoms with van der Waals surface area (Å²) in [6.45, 7) is 0. The number of nitrogens with one attached hydrogen (secondary N) is 1. The van der Waals surface area contributed by atoms with Gasteiger partial charge in [-0.1, -0.05) is 0 Å². The molecule has 0 aliphatic carbocycles. The lowest BCUT2D eigenvalue weighted by atomic mass is 10.3. The second kappa shape index (κ2) is 3.78. The number of aromatic nitrogens is 3. The molecule has 2 aromatic heterocycles. The molecule has 0 bridgehead atoms. The predicted molar refractivity (Wildman–Crippen MR) is 69.3 cm³/mol. The van der Waals surface area contributed by atoms with Crippen LogP contribution in [0.15, 0.2) is 22.0 Å². The van der Waals surface area contributed by atoms with Crippen LogP contribution in [0.5, 0.6) is 0 Å². The monoisotopic (exact) mass is 312 g/mol. The maximum atomic E-state index is 13.3. The smallest absolute Gasteiger partial charge is 0.180 e. The van der Waals surface area contributed by atoms with Gasteiger partial charge in [0.05, 0.1) is 15.5 Å². The molecule has 0 atom stereocenters. The van der Waals surface area contributed by atoms with Gasteiger partial charge in [-0.3, -0.25) is 0 Å². The molecule has 3 rings (SSSR count). The first-order valence-corrected chi connectivity index (χ1v) is 6.37. The van der Waals surface area contributed by atoms with E-state index in [9.17, 15) is 4.39 Å². The Hall–Kier alpha value is -1.47. The molecule has 3 aromatic rings. The number of fused-ring (bicyclic) bond motifs is 1. The summed E-state index contributed by atoms with van der Waals surface area (Å²) in [7, 11) is 0. The van der Waals surface area contributed by atoms with Crippen molar-refractivity contribution in [2.24, 2.45) is 0 Å². The quantitative estimate of drug-likeness (QED) is 0.725. The van der Waals surface area contributed by atoms with Crippen molar-refractivity contribution in [2.75, 3.05) is 5.73 Å². The first-order valence-electron chi connectivity index (χ1n) is 4.69. The maximum Gasteiger partial charge on any atom is 0.180 e. The van der Waals surface area contributed by atoms with Gasteiger partial charge in [-0.15, -0.1) is 11.3 Å². The van der Waals surface area contributed by atoms with Crippen LogP contribution >= 0.6 is 27.3 Å². The van der Waals surface area contributed by atoms with Crippen molar-refractivity contribution in [1.29, 1.82) is 0 Å². The van der Waals surface area contributed by atoms with E-state index in [4.69, 9.17) is 5.73 Å². The molecule has 0 amide bonds. The highest BCUT2D eigenvalue weighted by Gasteiger charge is 2.10. The van der Waals surface area contributed by atoms with Crippen molar-refractivity contribution in [3.05, 3.63) is 27.8 Å². The van der Waals surface area contributed by atoms with Crippen molar-refractivity contribution in [1.82, 2.24) is 15.0 Å². The van der Waals surface area contributed by atoms with E-state index < -0.39 is 0 Å². The normalized spacial score (nSPS) is 11.2. The number of nitrogens with zero attached hydrogens (tertiary/aromatic N) is 2. The summed E-state index contributed by atoms with van der Waals surface area (Å²) in [6.07, 6.45) is 0. The Kier molecular flexibility index (Phi) is 2.37. The lowest BCUT2D eigenvalue weighted by Crippen LogP contribution is -1.83. The van der Waals surface area contributed by atoms with E-state index in [2.05, 4.69) is 30.9 Å². The molecule has 0 saturated carbocycles. The van der Waals surface area contributed by atoms with Crippen molar-refractivity contribution in [3.63, 3.8) is 0 Å². The second-order valence-corrected chi connectivity index (χ2v) is 5.18. The van der Waals surface area contributed by atoms with Crippen LogP contribution in [0.25, 0.3) is 22.6 Å². The van der Waals surface area contributed by atoms with Crippen LogP contribution in [0, 0.1) is 5.82 Å². The fourth-order valence-corrected chi connectivity index (χ4v) is 2.40. The molecule has 1 aromatic carbocycles. The lowest BCUT2D eigenvalue weighted by Gasteiger charge is -1.92. The summed E-state index contributed by atoms with van der Waals surface area (Å²) in [5.74, 6) is 0.260. The van der Waals surface area contributed by atoms with Gasteiger partial charge in [0.25, 0.3) is 0 Å². The van der Waals surface area contributed by atoms with Crippen LogP contribution in [0.2, 0.25) is 0 Å². The number of H-pyrrole nitrogens is 1. The number of benzene rings is 1. The second-order valence-electron chi connectivity index (χ2n) is 3.44. The molecular weight excluding hydrogens is 307 g/mol. The van der Waals surface area contributed by atoms with Crippen LogP contribution < -0.4 is 5.73 Å². The van der Waals surface area contributed by atoms with Crippen LogP contribution in [0.1, 0.15) is 0 Å². The first kappa shape index (κ1) is 10.7. The number of aromatic amines is 1. The Bertz CT molecular complexity index is 666. The summed E-state index contributed by atoms with van der Waals surface area (Å²) in [5, 5.41) is 2.28. The van der Waals surface area contributed by atoms with Crippen LogP contribution in [0.4, 0.5) is 9.52 Å². The standard InChI is InChI=1S/C10H6BrFN4S/c11-4-1-6-7(2-5(4)12)15-9(14-6)8-3-17-10(13)16-8/h1-3H,(H2,13,16)(H,14,15). The molecule has 2 heterocycles. The zero-order chi connectivity index (χ0) is 12.0. The van der Waals surface area contributed by atoms with Crippen LogP contribution in [-0.2, 0) is 0 Å². The number of imidazole rings is 1. The third kappa shape index (κ3) is 1.81. The SMILES string of the molecule is Nc1nc(-c2nc3cc(Br)c(F)cc3[nH]2)cs1. The average molecular weight is 313 g/mol. The summed E-state index contributed by atoms with van der Waals surface area (Å²) in [5.41, 5.74) is 7.54. The molecule has 0 saturated heterocycles. The van der Waals surface area contributed by atoms with Gasteiger partial charge in [-0.25, -0.2) is 14.4 Å². The number of nitrogens with two attached hydrogens (primary N) is 1. The fraction of sp³-hybridized carbons (Fsp3) is 0. The van der Waals surface area contributed by atoms with Crippen molar-refractivity contribution in [2.45, 2.75) is 0 Å². The van der Waals surface area contributed by atoms with Gasteiger partial charge >= 0.3 is 0 Å². The average Bonchev–Trinajstić information content (AvgIpc) is 2.85. The third-order valence-electron chi connectivity index (χ3n) is 2.29. The van der Waals surface area contributed by atoms with E-state index >= 15 is 0 Å². The maximum absolute atomic E-state index is 13.3. The van der Waals surface area contributed by atoms with E-state index in [1.165, 1.54) is 17.4 Å². The number of hydrogen-bond acceptors (Lipinski definition) is 4. The van der Waals surface area contributed by atoms with Gasteiger partial charge < -0.3 is 10.7 Å². The molecule has 4 nitrogen and oxygen atoms in total. The van der Waals surface area contributed by atoms with Gasteiger partial charge in [0.15, 0.2) is 11.0 Å². The number of halogens is 2. The molecule has 0 aliphatic heterocycles. The van der Waals surface area contributed by atoms with Crippen LogP contribution in [0.3, 0.4) is 0 Å². The molecule has 17 heavy (non-hydrogen) atoms. The van der Waals surface area contributed by atoms with E-state index in [0.717, 1.165) is 0 Å². The largest absolute Gasteiger partial charge is 0.375 e. The van der Waals surface area contributed by atoms with E-state index in [-0.39, 0.29) is 5.82 Å². The van der Waals surface area contributed by atoms with E-state index in [0.29, 0.717) is 32.2 Å². The molecule has 0 spiro atoms. The molecule has 0 aliphatic rings. The molecule has 3 N–H and O–H groups in total. The van der Waals surface area contributed by atoms with Gasteiger partial charge in [-0.05, 0) is 22.0 Å². The summed E-state index contributed by atoms with van der Waals surface area (Å²) in [4.78, 5) is 11.5. The number of rotatable bonds is 1. The topological polar surface area (TPSA) is 67.6 Å². The van der Waals surface area contributed by atoms with Crippen molar-refractivity contribution >= 4 is 43.4 Å². The highest BCUT2D eigenvalue weighted by molar-refractivity contribution is 9.10. The minimum absolute atomic E-state index is 0.328. The van der Waals surface area contributed by atoms with Gasteiger partial charge in [0.2, 0.25) is 0 Å². The summed E-state index contributed by atoms with van der Waals surface area (Å²) < 4.78 is 13.7. The summed E-state index contributed by atoms with van der Waals surface area (Å²) in [6, 6.07) is 3.02. The lowest BCUT2D eigenvalue weighted by molar-refractivity contribution is 0.623. The Morgan fingerprint density at radius 1 is 1.35 bits per heavy atom. The van der Waals surface area contributed by atoms with Crippen LogP contribution in [-0.4, -0.2) is 15.0 Å². The van der Waals surface area contributed by atoms with Gasteiger partial charge in [0.1, 0.15) is 11.5 Å². The number of thiazole rings is 1. The Balaban J connectivity index is 2.19. The zero-order valence-corrected chi connectivity index (χ0v) is 10.8. The highest BCUT2D eigenvalue weighted by Crippen LogP contribution is 2.26. The number of nitrogen functional groups attached to an aromatic ring is 1. The van der Waals surface area contributed by atoms with Gasteiger partial charge in [-0.2, -0.15) is 0 Å². The molecule has 0 radical (unpaired) electrons. The summed E-state index contributed by atoms with van der Waals surface area (Å²) >= 11 is 4.46. The Labute approximate surface area is 108 Å². The fourth-order valence-electron chi connectivity index (χ4n) is 1.52. The third-order valence-corrected chi connectivity index (χ3v) is 3.57. The Morgan fingerprint density at radius 2 is 2.18 bits per heavy atom. The van der Waals surface area contributed by atoms with E-state index in [1.54, 1.807) is 11.4 Å². The predicted octanol–water partition coefficient (Wildman–Crippen LogP) is 3.17. The van der Waals surface area contributed by atoms with E-state index in [1.807, 2.05) is 0 Å². The minimum atomic E-state index is -0.328. The first-order chi connectivity index (χ1) is 8.13. The molecule has 0 fully saturated rings. The number of anilines is 1. The molecule has 0 unspecified atom stereocenters. The minimum Gasteiger partial charge on any atom is -0.375 e. The Morgan fingerprint density at radius 3 is 2.88 bits per heavy atom. The highest BCUT2D eigenvalue weighted by atomic mass is 79.9.